The van der Waals surface area contributed by atoms with Crippen molar-refractivity contribution in [2.75, 3.05) is 6.61 Å². The fraction of sp³-hybridized carbons (Fsp3) is 1.00. The molecule has 0 aromatic carbocycles. The van der Waals surface area contributed by atoms with Gasteiger partial charge in [0.15, 0.2) is 0 Å². The first-order valence-electron chi connectivity index (χ1n) is 2.88. The number of hydrogen-bond donors (Lipinski definition) is 0. The van der Waals surface area contributed by atoms with E-state index in [1.54, 1.807) is 0 Å². The fourth-order valence-electron chi connectivity index (χ4n) is 0.325. The van der Waals surface area contributed by atoms with E-state index >= 15 is 0 Å². The van der Waals surface area contributed by atoms with Crippen LogP contribution < -0.4 is 0 Å². The van der Waals surface area contributed by atoms with Crippen LogP contribution >= 0.6 is 0 Å². The third kappa shape index (κ3) is 5.89. The molecule has 1 nitrogen and oxygen atoms in total. The van der Waals surface area contributed by atoms with Gasteiger partial charge in [0.1, 0.15) is 6.17 Å². The molecule has 50 valence electrons. The van der Waals surface area contributed by atoms with Crippen LogP contribution in [0.5, 0.6) is 0 Å². The molecule has 0 aliphatic rings. The molecule has 2 heteroatoms. The Morgan fingerprint density at radius 2 is 1.88 bits per heavy atom. The van der Waals surface area contributed by atoms with Crippen molar-refractivity contribution in [3.8, 4) is 0 Å². The maximum absolute atomic E-state index is 11.9. The zero-order chi connectivity index (χ0) is 6.57. The van der Waals surface area contributed by atoms with Crippen molar-refractivity contribution in [3.05, 3.63) is 0 Å². The largest absolute Gasteiger partial charge is 0.376 e. The Bertz CT molecular complexity index is 44.5. The van der Waals surface area contributed by atoms with E-state index in [9.17, 15) is 4.39 Å². The maximum Gasteiger partial charge on any atom is 0.121 e. The molecule has 0 aromatic heterocycles. The van der Waals surface area contributed by atoms with Gasteiger partial charge in [0, 0.05) is 0 Å². The molecule has 0 N–H and O–H groups in total. The van der Waals surface area contributed by atoms with Crippen molar-refractivity contribution in [1.82, 2.24) is 0 Å². The molecule has 1 unspecified atom stereocenters. The van der Waals surface area contributed by atoms with Gasteiger partial charge in [-0.3, -0.25) is 0 Å². The third-order valence-corrected chi connectivity index (χ3v) is 0.659. The Kier molecular flexibility index (Phi) is 3.79. The van der Waals surface area contributed by atoms with E-state index in [0.717, 1.165) is 0 Å². The SMILES string of the molecule is CC(F)COC(C)C. The molecular formula is C6H13FO. The van der Waals surface area contributed by atoms with E-state index in [-0.39, 0.29) is 12.7 Å². The molecule has 0 fully saturated rings. The molecule has 0 aliphatic heterocycles. The first-order valence-corrected chi connectivity index (χ1v) is 2.88. The molecule has 0 radical (unpaired) electrons. The maximum atomic E-state index is 11.9. The molecule has 8 heavy (non-hydrogen) atoms. The Balaban J connectivity index is 2.93. The van der Waals surface area contributed by atoms with Crippen molar-refractivity contribution >= 4 is 0 Å². The highest BCUT2D eigenvalue weighted by molar-refractivity contribution is 4.44. The Hall–Kier alpha value is -0.110. The van der Waals surface area contributed by atoms with Gasteiger partial charge >= 0.3 is 0 Å². The van der Waals surface area contributed by atoms with Crippen LogP contribution in [0.3, 0.4) is 0 Å². The number of alkyl halides is 1. The molecule has 0 bridgehead atoms. The van der Waals surface area contributed by atoms with Crippen LogP contribution in [0.1, 0.15) is 20.8 Å². The van der Waals surface area contributed by atoms with Crippen LogP contribution in [0, 0.1) is 0 Å². The second kappa shape index (κ2) is 3.84. The summed E-state index contributed by atoms with van der Waals surface area (Å²) in [5.74, 6) is 0. The minimum atomic E-state index is -0.836. The average molecular weight is 120 g/mol. The second-order valence-electron chi connectivity index (χ2n) is 2.16. The second-order valence-corrected chi connectivity index (χ2v) is 2.16. The Morgan fingerprint density at radius 1 is 1.38 bits per heavy atom. The number of ether oxygens (including phenoxy) is 1. The highest BCUT2D eigenvalue weighted by atomic mass is 19.1. The summed E-state index contributed by atoms with van der Waals surface area (Å²) in [6.07, 6.45) is -0.689. The van der Waals surface area contributed by atoms with Gasteiger partial charge in [0.25, 0.3) is 0 Å². The normalized spacial score (nSPS) is 14.6. The van der Waals surface area contributed by atoms with Crippen LogP contribution in [-0.2, 0) is 4.74 Å². The van der Waals surface area contributed by atoms with Gasteiger partial charge in [0.05, 0.1) is 12.7 Å². The molecule has 0 saturated heterocycles. The van der Waals surface area contributed by atoms with Crippen LogP contribution in [0.15, 0.2) is 0 Å². The van der Waals surface area contributed by atoms with Gasteiger partial charge in [-0.1, -0.05) is 0 Å². The van der Waals surface area contributed by atoms with Gasteiger partial charge in [-0.15, -0.1) is 0 Å². The molecule has 0 spiro atoms. The summed E-state index contributed by atoms with van der Waals surface area (Å²) in [6, 6.07) is 0. The third-order valence-electron chi connectivity index (χ3n) is 0.659. The molecule has 0 saturated carbocycles. The predicted octanol–water partition coefficient (Wildman–Crippen LogP) is 1.77. The zero-order valence-corrected chi connectivity index (χ0v) is 5.65. The number of hydrogen-bond acceptors (Lipinski definition) is 1. The van der Waals surface area contributed by atoms with Crippen molar-refractivity contribution in [1.29, 1.82) is 0 Å². The van der Waals surface area contributed by atoms with E-state index in [1.165, 1.54) is 6.92 Å². The van der Waals surface area contributed by atoms with Gasteiger partial charge in [0.2, 0.25) is 0 Å². The van der Waals surface area contributed by atoms with Crippen molar-refractivity contribution in [2.24, 2.45) is 0 Å². The van der Waals surface area contributed by atoms with E-state index in [1.807, 2.05) is 13.8 Å². The van der Waals surface area contributed by atoms with E-state index < -0.39 is 6.17 Å². The summed E-state index contributed by atoms with van der Waals surface area (Å²) in [4.78, 5) is 0. The zero-order valence-electron chi connectivity index (χ0n) is 5.65. The lowest BCUT2D eigenvalue weighted by Crippen LogP contribution is -2.10. The summed E-state index contributed by atoms with van der Waals surface area (Å²) >= 11 is 0. The number of halogens is 1. The quantitative estimate of drug-likeness (QED) is 0.551. The molecule has 0 amide bonds. The highest BCUT2D eigenvalue weighted by Gasteiger charge is 1.98. The van der Waals surface area contributed by atoms with Crippen LogP contribution in [-0.4, -0.2) is 18.9 Å². The first kappa shape index (κ1) is 7.89. The Labute approximate surface area is 49.8 Å². The average Bonchev–Trinajstić information content (AvgIpc) is 1.61. The lowest BCUT2D eigenvalue weighted by molar-refractivity contribution is 0.0436. The monoisotopic (exact) mass is 120 g/mol. The van der Waals surface area contributed by atoms with Gasteiger partial charge in [-0.05, 0) is 20.8 Å². The Morgan fingerprint density at radius 3 is 2.00 bits per heavy atom. The van der Waals surface area contributed by atoms with Crippen molar-refractivity contribution in [2.45, 2.75) is 33.0 Å². The van der Waals surface area contributed by atoms with Crippen molar-refractivity contribution < 1.29 is 9.13 Å². The topological polar surface area (TPSA) is 9.23 Å². The summed E-state index contributed by atoms with van der Waals surface area (Å²) in [7, 11) is 0. The van der Waals surface area contributed by atoms with Crippen LogP contribution in [0.25, 0.3) is 0 Å². The van der Waals surface area contributed by atoms with Gasteiger partial charge in [-0.2, -0.15) is 0 Å². The van der Waals surface area contributed by atoms with Gasteiger partial charge < -0.3 is 4.74 Å². The smallest absolute Gasteiger partial charge is 0.121 e. The highest BCUT2D eigenvalue weighted by Crippen LogP contribution is 1.93. The summed E-state index contributed by atoms with van der Waals surface area (Å²) in [5, 5.41) is 0. The molecular weight excluding hydrogens is 107 g/mol. The van der Waals surface area contributed by atoms with Crippen LogP contribution in [0.4, 0.5) is 4.39 Å². The lowest BCUT2D eigenvalue weighted by atomic mass is 10.4. The van der Waals surface area contributed by atoms with E-state index in [0.29, 0.717) is 0 Å². The van der Waals surface area contributed by atoms with Crippen LogP contribution in [0.2, 0.25) is 0 Å². The lowest BCUT2D eigenvalue weighted by Gasteiger charge is -2.06. The molecule has 1 atom stereocenters. The summed E-state index contributed by atoms with van der Waals surface area (Å²) < 4.78 is 16.9. The minimum absolute atomic E-state index is 0.146. The molecule has 0 rings (SSSR count). The minimum Gasteiger partial charge on any atom is -0.376 e. The first-order chi connectivity index (χ1) is 3.63. The molecule has 0 heterocycles. The van der Waals surface area contributed by atoms with E-state index in [4.69, 9.17) is 4.74 Å². The fourth-order valence-corrected chi connectivity index (χ4v) is 0.325. The summed E-state index contributed by atoms with van der Waals surface area (Å²) in [6.45, 7) is 5.49. The predicted molar refractivity (Wildman–Crippen MR) is 31.7 cm³/mol. The van der Waals surface area contributed by atoms with E-state index in [2.05, 4.69) is 0 Å². The van der Waals surface area contributed by atoms with Gasteiger partial charge in [-0.25, -0.2) is 4.39 Å². The number of rotatable bonds is 3. The molecule has 0 aliphatic carbocycles. The summed E-state index contributed by atoms with van der Waals surface area (Å²) in [5.41, 5.74) is 0. The standard InChI is InChI=1S/C6H13FO/c1-5(2)8-4-6(3)7/h5-6H,4H2,1-3H3. The molecule has 0 aromatic rings. The van der Waals surface area contributed by atoms with Crippen molar-refractivity contribution in [3.63, 3.8) is 0 Å².